The van der Waals surface area contributed by atoms with E-state index in [0.29, 0.717) is 18.8 Å². The molecule has 0 aromatic carbocycles. The summed E-state index contributed by atoms with van der Waals surface area (Å²) in [4.78, 5) is 27.4. The van der Waals surface area contributed by atoms with E-state index >= 15 is 0 Å². The fourth-order valence-electron chi connectivity index (χ4n) is 3.47. The highest BCUT2D eigenvalue weighted by molar-refractivity contribution is 5.92. The monoisotopic (exact) mass is 353 g/mol. The Labute approximate surface area is 152 Å². The minimum atomic E-state index is -0.0519. The molecule has 2 saturated heterocycles. The highest BCUT2D eigenvalue weighted by Crippen LogP contribution is 2.18. The van der Waals surface area contributed by atoms with Crippen LogP contribution in [0.3, 0.4) is 0 Å². The molecule has 0 radical (unpaired) electrons. The molecule has 2 aliphatic rings. The molecular formula is C18H23N7O. The molecular weight excluding hydrogens is 330 g/mol. The topological polar surface area (TPSA) is 78.4 Å². The molecule has 2 aliphatic heterocycles. The third-order valence-corrected chi connectivity index (χ3v) is 4.98. The summed E-state index contributed by atoms with van der Waals surface area (Å²) in [5.74, 6) is 1.73. The third-order valence-electron chi connectivity index (χ3n) is 4.98. The molecule has 1 amide bonds. The number of piperazine rings is 1. The van der Waals surface area contributed by atoms with Gasteiger partial charge in [-0.05, 0) is 31.9 Å². The number of rotatable bonds is 3. The van der Waals surface area contributed by atoms with Gasteiger partial charge >= 0.3 is 0 Å². The van der Waals surface area contributed by atoms with E-state index in [4.69, 9.17) is 0 Å². The van der Waals surface area contributed by atoms with Crippen LogP contribution in [-0.4, -0.2) is 70.2 Å². The number of aromatic nitrogens is 4. The lowest BCUT2D eigenvalue weighted by Gasteiger charge is -2.35. The van der Waals surface area contributed by atoms with Crippen LogP contribution < -0.4 is 9.80 Å². The first-order valence-electron chi connectivity index (χ1n) is 9.12. The number of nitrogens with zero attached hydrogens (tertiary/aromatic N) is 7. The summed E-state index contributed by atoms with van der Waals surface area (Å²) in [5, 5.41) is 8.42. The average molecular weight is 353 g/mol. The summed E-state index contributed by atoms with van der Waals surface area (Å²) in [7, 11) is 0. The second kappa shape index (κ2) is 7.23. The van der Waals surface area contributed by atoms with Gasteiger partial charge in [0.2, 0.25) is 0 Å². The van der Waals surface area contributed by atoms with E-state index in [1.165, 1.54) is 12.8 Å². The maximum atomic E-state index is 12.7. The first kappa shape index (κ1) is 16.7. The fraction of sp³-hybridized carbons (Fsp3) is 0.500. The van der Waals surface area contributed by atoms with E-state index in [1.807, 2.05) is 24.0 Å². The van der Waals surface area contributed by atoms with Gasteiger partial charge in [0.05, 0.1) is 0 Å². The predicted octanol–water partition coefficient (Wildman–Crippen LogP) is 1.14. The minimum absolute atomic E-state index is 0.0519. The van der Waals surface area contributed by atoms with E-state index in [-0.39, 0.29) is 5.91 Å². The molecule has 2 aromatic rings. The van der Waals surface area contributed by atoms with Crippen molar-refractivity contribution in [2.75, 3.05) is 49.1 Å². The normalized spacial score (nSPS) is 17.7. The van der Waals surface area contributed by atoms with Crippen LogP contribution in [-0.2, 0) is 0 Å². The smallest absolute Gasteiger partial charge is 0.274 e. The molecule has 26 heavy (non-hydrogen) atoms. The lowest BCUT2D eigenvalue weighted by atomic mass is 10.2. The van der Waals surface area contributed by atoms with Crippen molar-refractivity contribution in [1.82, 2.24) is 25.1 Å². The summed E-state index contributed by atoms with van der Waals surface area (Å²) >= 11 is 0. The molecule has 0 atom stereocenters. The van der Waals surface area contributed by atoms with Gasteiger partial charge in [0, 0.05) is 51.0 Å². The Kier molecular flexibility index (Phi) is 4.64. The van der Waals surface area contributed by atoms with E-state index < -0.39 is 0 Å². The molecule has 0 N–H and O–H groups in total. The number of anilines is 2. The zero-order valence-electron chi connectivity index (χ0n) is 15.0. The Hall–Kier alpha value is -2.77. The van der Waals surface area contributed by atoms with Gasteiger partial charge in [-0.1, -0.05) is 0 Å². The molecule has 136 valence electrons. The van der Waals surface area contributed by atoms with Crippen LogP contribution in [0.15, 0.2) is 24.5 Å². The van der Waals surface area contributed by atoms with Gasteiger partial charge in [-0.15, -0.1) is 10.2 Å². The Morgan fingerprint density at radius 2 is 1.62 bits per heavy atom. The highest BCUT2D eigenvalue weighted by Gasteiger charge is 2.24. The van der Waals surface area contributed by atoms with Crippen molar-refractivity contribution in [2.45, 2.75) is 19.8 Å². The maximum absolute atomic E-state index is 12.7. The Morgan fingerprint density at radius 3 is 2.27 bits per heavy atom. The van der Waals surface area contributed by atoms with Crippen LogP contribution in [0.1, 0.15) is 29.0 Å². The van der Waals surface area contributed by atoms with E-state index in [1.54, 1.807) is 12.4 Å². The van der Waals surface area contributed by atoms with Crippen molar-refractivity contribution < 1.29 is 4.79 Å². The van der Waals surface area contributed by atoms with Crippen LogP contribution in [0.2, 0.25) is 0 Å². The number of hydrogen-bond donors (Lipinski definition) is 0. The van der Waals surface area contributed by atoms with Gasteiger partial charge in [0.15, 0.2) is 11.5 Å². The number of carbonyl (C=O) groups excluding carboxylic acids is 1. The lowest BCUT2D eigenvalue weighted by Crippen LogP contribution is -2.49. The number of aryl methyl sites for hydroxylation is 1. The maximum Gasteiger partial charge on any atom is 0.274 e. The van der Waals surface area contributed by atoms with Gasteiger partial charge < -0.3 is 14.7 Å². The predicted molar refractivity (Wildman–Crippen MR) is 98.4 cm³/mol. The SMILES string of the molecule is Cc1cc(N2CCN(C(=O)c3ccc(N4CCCC4)nn3)CC2)ncn1. The van der Waals surface area contributed by atoms with E-state index in [0.717, 1.165) is 43.5 Å². The number of amides is 1. The van der Waals surface area contributed by atoms with E-state index in [9.17, 15) is 4.79 Å². The van der Waals surface area contributed by atoms with Crippen molar-refractivity contribution in [2.24, 2.45) is 0 Å². The van der Waals surface area contributed by atoms with Crippen LogP contribution in [0.25, 0.3) is 0 Å². The summed E-state index contributed by atoms with van der Waals surface area (Å²) in [6, 6.07) is 5.68. The second-order valence-corrected chi connectivity index (χ2v) is 6.77. The number of hydrogen-bond acceptors (Lipinski definition) is 7. The van der Waals surface area contributed by atoms with Crippen LogP contribution in [0.5, 0.6) is 0 Å². The Morgan fingerprint density at radius 1 is 0.885 bits per heavy atom. The van der Waals surface area contributed by atoms with Crippen molar-refractivity contribution in [3.8, 4) is 0 Å². The molecule has 4 rings (SSSR count). The van der Waals surface area contributed by atoms with Crippen LogP contribution >= 0.6 is 0 Å². The van der Waals surface area contributed by atoms with Gasteiger partial charge in [-0.25, -0.2) is 9.97 Å². The summed E-state index contributed by atoms with van der Waals surface area (Å²) < 4.78 is 0. The van der Waals surface area contributed by atoms with Crippen molar-refractivity contribution in [1.29, 1.82) is 0 Å². The van der Waals surface area contributed by atoms with Gasteiger partial charge in [0.1, 0.15) is 12.1 Å². The second-order valence-electron chi connectivity index (χ2n) is 6.77. The molecule has 0 spiro atoms. The minimum Gasteiger partial charge on any atom is -0.355 e. The van der Waals surface area contributed by atoms with Gasteiger partial charge in [-0.3, -0.25) is 4.79 Å². The molecule has 2 fully saturated rings. The molecule has 8 nitrogen and oxygen atoms in total. The highest BCUT2D eigenvalue weighted by atomic mass is 16.2. The largest absolute Gasteiger partial charge is 0.355 e. The van der Waals surface area contributed by atoms with Gasteiger partial charge in [0.25, 0.3) is 5.91 Å². The first-order chi connectivity index (χ1) is 12.7. The molecule has 4 heterocycles. The van der Waals surface area contributed by atoms with Crippen molar-refractivity contribution >= 4 is 17.5 Å². The third kappa shape index (κ3) is 3.44. The summed E-state index contributed by atoms with van der Waals surface area (Å²) in [6.45, 7) is 6.80. The lowest BCUT2D eigenvalue weighted by molar-refractivity contribution is 0.0739. The Bertz CT molecular complexity index is 765. The van der Waals surface area contributed by atoms with E-state index in [2.05, 4.69) is 30.0 Å². The average Bonchev–Trinajstić information content (AvgIpc) is 3.23. The quantitative estimate of drug-likeness (QED) is 0.819. The standard InChI is InChI=1S/C18H23N7O/c1-14-12-17(20-13-19-14)24-8-10-25(11-9-24)18(26)15-4-5-16(22-21-15)23-6-2-3-7-23/h4-5,12-13H,2-3,6-11H2,1H3. The molecule has 0 unspecified atom stereocenters. The van der Waals surface area contributed by atoms with Crippen LogP contribution in [0, 0.1) is 6.92 Å². The Balaban J connectivity index is 1.37. The fourth-order valence-corrected chi connectivity index (χ4v) is 3.47. The zero-order chi connectivity index (χ0) is 17.9. The van der Waals surface area contributed by atoms with Crippen molar-refractivity contribution in [3.63, 3.8) is 0 Å². The molecule has 0 bridgehead atoms. The van der Waals surface area contributed by atoms with Gasteiger partial charge in [-0.2, -0.15) is 0 Å². The summed E-state index contributed by atoms with van der Waals surface area (Å²) in [6.07, 6.45) is 3.97. The summed E-state index contributed by atoms with van der Waals surface area (Å²) in [5.41, 5.74) is 1.36. The van der Waals surface area contributed by atoms with Crippen molar-refractivity contribution in [3.05, 3.63) is 35.9 Å². The molecule has 0 aliphatic carbocycles. The van der Waals surface area contributed by atoms with Crippen LogP contribution in [0.4, 0.5) is 11.6 Å². The molecule has 0 saturated carbocycles. The zero-order valence-corrected chi connectivity index (χ0v) is 15.0. The molecule has 2 aromatic heterocycles. The molecule has 8 heteroatoms. The first-order valence-corrected chi connectivity index (χ1v) is 9.12. The number of carbonyl (C=O) groups is 1.